The van der Waals surface area contributed by atoms with Crippen LogP contribution < -0.4 is 10.6 Å². The maximum Gasteiger partial charge on any atom is 0.328 e. The van der Waals surface area contributed by atoms with E-state index in [2.05, 4.69) is 36.7 Å². The van der Waals surface area contributed by atoms with E-state index < -0.39 is 30.2 Å². The molecule has 2 rings (SSSR count). The van der Waals surface area contributed by atoms with Crippen LogP contribution in [0.2, 0.25) is 0 Å². The van der Waals surface area contributed by atoms with Crippen LogP contribution in [-0.4, -0.2) is 54.5 Å². The molecule has 4 N–H and O–H groups in total. The molecule has 0 saturated carbocycles. The Labute approximate surface area is 147 Å². The molecule has 0 fully saturated rings. The second kappa shape index (κ2) is 8.54. The van der Waals surface area contributed by atoms with Crippen LogP contribution in [0.15, 0.2) is 23.1 Å². The number of aliphatic hydroxyl groups excluding tert-OH is 1. The summed E-state index contributed by atoms with van der Waals surface area (Å²) in [6, 6.07) is -3.21. The van der Waals surface area contributed by atoms with Gasteiger partial charge in [-0.3, -0.25) is 4.98 Å². The molecule has 2 amide bonds. The summed E-state index contributed by atoms with van der Waals surface area (Å²) in [4.78, 5) is 35.1. The summed E-state index contributed by atoms with van der Waals surface area (Å²) in [6.07, 6.45) is 8.39. The molecule has 2 heterocycles. The normalized spacial score (nSPS) is 13.9. The lowest BCUT2D eigenvalue weighted by atomic mass is 10.2. The highest BCUT2D eigenvalue weighted by molar-refractivity contribution is 5.83. The third-order valence-corrected chi connectivity index (χ3v) is 3.19. The fourth-order valence-electron chi connectivity index (χ4n) is 1.94. The molecule has 0 bridgehead atoms. The molecule has 0 aliphatic carbocycles. The van der Waals surface area contributed by atoms with Gasteiger partial charge in [-0.2, -0.15) is 4.98 Å². The molecule has 26 heavy (non-hydrogen) atoms. The molecule has 0 aliphatic heterocycles. The quantitative estimate of drug-likeness (QED) is 0.486. The van der Waals surface area contributed by atoms with Gasteiger partial charge in [0.1, 0.15) is 11.7 Å². The van der Waals surface area contributed by atoms with E-state index >= 15 is 0 Å². The van der Waals surface area contributed by atoms with Crippen molar-refractivity contribution >= 4 is 12.0 Å². The number of amides is 2. The minimum Gasteiger partial charge on any atom is -0.480 e. The van der Waals surface area contributed by atoms with E-state index in [1.807, 2.05) is 0 Å². The summed E-state index contributed by atoms with van der Waals surface area (Å²) >= 11 is 0. The number of carbonyl (C=O) groups excluding carboxylic acids is 1. The minimum absolute atomic E-state index is 0.0158. The Balaban J connectivity index is 2.12. The first-order chi connectivity index (χ1) is 12.4. The van der Waals surface area contributed by atoms with Crippen molar-refractivity contribution in [1.82, 2.24) is 30.7 Å². The predicted molar refractivity (Wildman–Crippen MR) is 86.3 cm³/mol. The molecule has 0 saturated heterocycles. The molecule has 0 aromatic carbocycles. The van der Waals surface area contributed by atoms with Gasteiger partial charge >= 0.3 is 12.0 Å². The number of rotatable bonds is 7. The molecule has 136 valence electrons. The number of terminal acetylenes is 1. The first-order valence-corrected chi connectivity index (χ1v) is 7.43. The standard InChI is InChI=1S/C15H16N6O5/c1-3-4-9(18-15(25)19-11(8(2)22)14(23)24)13-20-12(21-26-13)10-7-16-5-6-17-10/h1,5-9,11,22H,4H2,2H3,(H,23,24)(H2,18,19,25). The van der Waals surface area contributed by atoms with Crippen molar-refractivity contribution in [3.05, 3.63) is 24.5 Å². The molecule has 2 aromatic rings. The van der Waals surface area contributed by atoms with Gasteiger partial charge in [0, 0.05) is 18.8 Å². The summed E-state index contributed by atoms with van der Waals surface area (Å²) in [6.45, 7) is 1.24. The van der Waals surface area contributed by atoms with Gasteiger partial charge in [-0.05, 0) is 6.92 Å². The molecular formula is C15H16N6O5. The number of nitrogens with zero attached hydrogens (tertiary/aromatic N) is 4. The Morgan fingerprint density at radius 1 is 1.38 bits per heavy atom. The molecule has 11 heteroatoms. The first-order valence-electron chi connectivity index (χ1n) is 7.43. The van der Waals surface area contributed by atoms with Gasteiger partial charge in [0.2, 0.25) is 5.82 Å². The Hall–Kier alpha value is -3.52. The van der Waals surface area contributed by atoms with Crippen molar-refractivity contribution < 1.29 is 24.3 Å². The summed E-state index contributed by atoms with van der Waals surface area (Å²) < 4.78 is 5.10. The second-order valence-electron chi connectivity index (χ2n) is 5.18. The summed E-state index contributed by atoms with van der Waals surface area (Å²) in [7, 11) is 0. The van der Waals surface area contributed by atoms with Gasteiger partial charge in [0.05, 0.1) is 12.3 Å². The zero-order valence-corrected chi connectivity index (χ0v) is 13.7. The Morgan fingerprint density at radius 2 is 2.15 bits per heavy atom. The molecule has 3 unspecified atom stereocenters. The van der Waals surface area contributed by atoms with Gasteiger partial charge in [0.25, 0.3) is 5.89 Å². The lowest BCUT2D eigenvalue weighted by molar-refractivity contribution is -0.141. The maximum absolute atomic E-state index is 12.0. The Bertz CT molecular complexity index is 800. The molecule has 0 aliphatic rings. The fourth-order valence-corrected chi connectivity index (χ4v) is 1.94. The topological polar surface area (TPSA) is 163 Å². The number of aliphatic carboxylic acids is 1. The van der Waals surface area contributed by atoms with Crippen LogP contribution in [0.1, 0.15) is 25.3 Å². The maximum atomic E-state index is 12.0. The number of nitrogens with one attached hydrogen (secondary N) is 2. The van der Waals surface area contributed by atoms with E-state index in [-0.39, 0.29) is 18.1 Å². The number of urea groups is 1. The number of aliphatic hydroxyl groups is 1. The second-order valence-corrected chi connectivity index (χ2v) is 5.18. The van der Waals surface area contributed by atoms with E-state index in [0.717, 1.165) is 0 Å². The average Bonchev–Trinajstić information content (AvgIpc) is 3.09. The molecule has 2 aromatic heterocycles. The van der Waals surface area contributed by atoms with E-state index in [9.17, 15) is 14.7 Å². The predicted octanol–water partition coefficient (Wildman–Crippen LogP) is -0.276. The minimum atomic E-state index is -1.49. The van der Waals surface area contributed by atoms with Crippen molar-refractivity contribution in [3.63, 3.8) is 0 Å². The largest absolute Gasteiger partial charge is 0.480 e. The van der Waals surface area contributed by atoms with Crippen LogP contribution in [0.3, 0.4) is 0 Å². The third kappa shape index (κ3) is 4.74. The van der Waals surface area contributed by atoms with Crippen LogP contribution in [0.5, 0.6) is 0 Å². The van der Waals surface area contributed by atoms with Crippen LogP contribution in [-0.2, 0) is 4.79 Å². The molecule has 0 radical (unpaired) electrons. The summed E-state index contributed by atoms with van der Waals surface area (Å²) in [5, 5.41) is 26.7. The van der Waals surface area contributed by atoms with E-state index in [1.165, 1.54) is 25.5 Å². The van der Waals surface area contributed by atoms with Crippen molar-refractivity contribution in [3.8, 4) is 23.9 Å². The van der Waals surface area contributed by atoms with Gasteiger partial charge in [-0.1, -0.05) is 5.16 Å². The van der Waals surface area contributed by atoms with E-state index in [1.54, 1.807) is 0 Å². The number of hydrogen-bond acceptors (Lipinski definition) is 8. The lowest BCUT2D eigenvalue weighted by Gasteiger charge is -2.19. The monoisotopic (exact) mass is 360 g/mol. The number of carbonyl (C=O) groups is 2. The highest BCUT2D eigenvalue weighted by atomic mass is 16.5. The molecule has 3 atom stereocenters. The van der Waals surface area contributed by atoms with Crippen molar-refractivity contribution in [2.45, 2.75) is 31.5 Å². The fraction of sp³-hybridized carbons (Fsp3) is 0.333. The first kappa shape index (κ1) is 18.8. The van der Waals surface area contributed by atoms with Crippen molar-refractivity contribution in [2.24, 2.45) is 0 Å². The van der Waals surface area contributed by atoms with E-state index in [0.29, 0.717) is 5.69 Å². The van der Waals surface area contributed by atoms with Crippen LogP contribution >= 0.6 is 0 Å². The Kier molecular flexibility index (Phi) is 6.18. The van der Waals surface area contributed by atoms with Gasteiger partial charge in [0.15, 0.2) is 6.04 Å². The number of carboxylic acids is 1. The highest BCUT2D eigenvalue weighted by Crippen LogP contribution is 2.18. The zero-order chi connectivity index (χ0) is 19.1. The summed E-state index contributed by atoms with van der Waals surface area (Å²) in [5.41, 5.74) is 0.367. The van der Waals surface area contributed by atoms with E-state index in [4.69, 9.17) is 16.1 Å². The van der Waals surface area contributed by atoms with Crippen LogP contribution in [0.25, 0.3) is 11.5 Å². The smallest absolute Gasteiger partial charge is 0.328 e. The highest BCUT2D eigenvalue weighted by Gasteiger charge is 2.27. The molecule has 0 spiro atoms. The SMILES string of the molecule is C#CCC(NC(=O)NC(C(=O)O)C(C)O)c1nc(-c2cnccn2)no1. The van der Waals surface area contributed by atoms with Crippen LogP contribution in [0, 0.1) is 12.3 Å². The average molecular weight is 360 g/mol. The van der Waals surface area contributed by atoms with Gasteiger partial charge < -0.3 is 25.4 Å². The molecule has 11 nitrogen and oxygen atoms in total. The van der Waals surface area contributed by atoms with Crippen LogP contribution in [0.4, 0.5) is 4.79 Å². The number of aromatic nitrogens is 4. The zero-order valence-electron chi connectivity index (χ0n) is 13.7. The van der Waals surface area contributed by atoms with Crippen molar-refractivity contribution in [1.29, 1.82) is 0 Å². The van der Waals surface area contributed by atoms with Gasteiger partial charge in [-0.15, -0.1) is 12.3 Å². The number of hydrogen-bond donors (Lipinski definition) is 4. The lowest BCUT2D eigenvalue weighted by Crippen LogP contribution is -2.51. The Morgan fingerprint density at radius 3 is 2.73 bits per heavy atom. The third-order valence-electron chi connectivity index (χ3n) is 3.19. The summed E-state index contributed by atoms with van der Waals surface area (Å²) in [5.74, 6) is 1.15. The van der Waals surface area contributed by atoms with Gasteiger partial charge in [-0.25, -0.2) is 14.6 Å². The molecular weight excluding hydrogens is 344 g/mol. The number of carboxylic acid groups (broad SMARTS) is 1. The van der Waals surface area contributed by atoms with Crippen molar-refractivity contribution in [2.75, 3.05) is 0 Å².